The van der Waals surface area contributed by atoms with Gasteiger partial charge in [-0.05, 0) is 24.1 Å². The van der Waals surface area contributed by atoms with Crippen LogP contribution in [-0.4, -0.2) is 4.98 Å². The fraction of sp³-hybridized carbons (Fsp3) is 0.0417. The first-order valence-electron chi connectivity index (χ1n) is 8.51. The number of hydrogen-bond acceptors (Lipinski definition) is 1. The topological polar surface area (TPSA) is 12.9 Å². The number of nitrogens with zero attached hydrogens (tertiary/aromatic N) is 1. The fourth-order valence-electron chi connectivity index (χ4n) is 3.20. The Bertz CT molecular complexity index is 974. The Balaban J connectivity index is 1.99. The van der Waals surface area contributed by atoms with Crippen LogP contribution in [0, 0.1) is 6.92 Å². The Labute approximate surface area is 148 Å². The van der Waals surface area contributed by atoms with Crippen molar-refractivity contribution in [1.29, 1.82) is 0 Å². The molecule has 1 nitrogen and oxygen atoms in total. The highest BCUT2D eigenvalue weighted by molar-refractivity contribution is 5.85. The largest absolute Gasteiger partial charge is 0.247 e. The van der Waals surface area contributed by atoms with E-state index in [0.717, 1.165) is 22.5 Å². The third-order valence-electron chi connectivity index (χ3n) is 4.40. The van der Waals surface area contributed by atoms with Gasteiger partial charge in [-0.15, -0.1) is 0 Å². The molecule has 0 fully saturated rings. The molecule has 0 aliphatic heterocycles. The molecule has 1 aromatic heterocycles. The molecule has 0 aliphatic carbocycles. The Morgan fingerprint density at radius 2 is 1.04 bits per heavy atom. The van der Waals surface area contributed by atoms with Crippen LogP contribution in [0.4, 0.5) is 0 Å². The van der Waals surface area contributed by atoms with E-state index in [-0.39, 0.29) is 0 Å². The summed E-state index contributed by atoms with van der Waals surface area (Å²) < 4.78 is 0. The fourth-order valence-corrected chi connectivity index (χ4v) is 3.20. The van der Waals surface area contributed by atoms with E-state index in [4.69, 9.17) is 4.98 Å². The SMILES string of the molecule is Cc1cc(-c2ccccc2)nc(-c2ccccc2)c1-c1ccccc1. The van der Waals surface area contributed by atoms with Crippen LogP contribution in [0.1, 0.15) is 5.56 Å². The monoisotopic (exact) mass is 321 g/mol. The predicted molar refractivity (Wildman–Crippen MR) is 105 cm³/mol. The smallest absolute Gasteiger partial charge is 0.0790 e. The van der Waals surface area contributed by atoms with E-state index in [1.807, 2.05) is 18.2 Å². The van der Waals surface area contributed by atoms with Crippen molar-refractivity contribution in [3.63, 3.8) is 0 Å². The van der Waals surface area contributed by atoms with Gasteiger partial charge in [0.25, 0.3) is 0 Å². The van der Waals surface area contributed by atoms with E-state index in [1.165, 1.54) is 16.7 Å². The first-order chi connectivity index (χ1) is 12.3. The van der Waals surface area contributed by atoms with Gasteiger partial charge < -0.3 is 0 Å². The van der Waals surface area contributed by atoms with Crippen molar-refractivity contribution in [2.24, 2.45) is 0 Å². The van der Waals surface area contributed by atoms with Crippen LogP contribution in [0.3, 0.4) is 0 Å². The summed E-state index contributed by atoms with van der Waals surface area (Å²) in [6.07, 6.45) is 0. The Kier molecular flexibility index (Phi) is 4.14. The zero-order valence-corrected chi connectivity index (χ0v) is 14.2. The average Bonchev–Trinajstić information content (AvgIpc) is 2.69. The molecule has 3 aromatic carbocycles. The molecule has 0 spiro atoms. The maximum absolute atomic E-state index is 5.05. The second-order valence-corrected chi connectivity index (χ2v) is 6.15. The van der Waals surface area contributed by atoms with E-state index in [2.05, 4.69) is 85.8 Å². The third-order valence-corrected chi connectivity index (χ3v) is 4.40. The van der Waals surface area contributed by atoms with E-state index >= 15 is 0 Å². The molecule has 0 saturated heterocycles. The molecule has 0 amide bonds. The van der Waals surface area contributed by atoms with Gasteiger partial charge in [-0.3, -0.25) is 0 Å². The molecule has 0 bridgehead atoms. The normalized spacial score (nSPS) is 10.6. The molecule has 1 heterocycles. The van der Waals surface area contributed by atoms with Crippen molar-refractivity contribution in [3.05, 3.63) is 103 Å². The molecule has 25 heavy (non-hydrogen) atoms. The summed E-state index contributed by atoms with van der Waals surface area (Å²) in [6.45, 7) is 2.17. The van der Waals surface area contributed by atoms with Crippen molar-refractivity contribution in [3.8, 4) is 33.6 Å². The minimum absolute atomic E-state index is 1.01. The molecule has 0 radical (unpaired) electrons. The van der Waals surface area contributed by atoms with Gasteiger partial charge in [0.2, 0.25) is 0 Å². The van der Waals surface area contributed by atoms with Crippen molar-refractivity contribution in [1.82, 2.24) is 4.98 Å². The maximum atomic E-state index is 5.05. The summed E-state index contributed by atoms with van der Waals surface area (Å²) in [4.78, 5) is 5.05. The number of aromatic nitrogens is 1. The molecule has 1 heteroatoms. The quantitative estimate of drug-likeness (QED) is 0.426. The number of benzene rings is 3. The highest BCUT2D eigenvalue weighted by Crippen LogP contribution is 2.35. The van der Waals surface area contributed by atoms with Crippen LogP contribution in [-0.2, 0) is 0 Å². The number of aryl methyl sites for hydroxylation is 1. The molecule has 4 aromatic rings. The summed E-state index contributed by atoms with van der Waals surface area (Å²) in [5, 5.41) is 0. The van der Waals surface area contributed by atoms with Crippen LogP contribution in [0.15, 0.2) is 97.1 Å². The lowest BCUT2D eigenvalue weighted by Crippen LogP contribution is -1.96. The molecule has 0 saturated carbocycles. The standard InChI is InChI=1S/C24H19N/c1-18-17-22(19-11-5-2-6-12-19)25-24(21-15-9-4-10-16-21)23(18)20-13-7-3-8-14-20/h2-17H,1H3. The Morgan fingerprint density at radius 3 is 1.60 bits per heavy atom. The highest BCUT2D eigenvalue weighted by Gasteiger charge is 2.14. The van der Waals surface area contributed by atoms with Gasteiger partial charge in [-0.25, -0.2) is 4.98 Å². The lowest BCUT2D eigenvalue weighted by Gasteiger charge is -2.15. The zero-order valence-electron chi connectivity index (χ0n) is 14.2. The summed E-state index contributed by atoms with van der Waals surface area (Å²) >= 11 is 0. The molecular formula is C24H19N. The molecule has 0 atom stereocenters. The van der Waals surface area contributed by atoms with Crippen LogP contribution in [0.25, 0.3) is 33.6 Å². The van der Waals surface area contributed by atoms with Gasteiger partial charge >= 0.3 is 0 Å². The summed E-state index contributed by atoms with van der Waals surface area (Å²) in [5.41, 5.74) is 7.96. The molecule has 0 N–H and O–H groups in total. The van der Waals surface area contributed by atoms with Gasteiger partial charge in [-0.1, -0.05) is 91.0 Å². The lowest BCUT2D eigenvalue weighted by atomic mass is 9.94. The van der Waals surface area contributed by atoms with Crippen molar-refractivity contribution in [2.45, 2.75) is 6.92 Å². The van der Waals surface area contributed by atoms with Crippen LogP contribution >= 0.6 is 0 Å². The van der Waals surface area contributed by atoms with E-state index in [1.54, 1.807) is 0 Å². The molecular weight excluding hydrogens is 302 g/mol. The summed E-state index contributed by atoms with van der Waals surface area (Å²) in [6, 6.07) is 33.5. The molecule has 0 unspecified atom stereocenters. The van der Waals surface area contributed by atoms with E-state index in [9.17, 15) is 0 Å². The van der Waals surface area contributed by atoms with Crippen LogP contribution in [0.5, 0.6) is 0 Å². The second kappa shape index (κ2) is 6.74. The number of rotatable bonds is 3. The summed E-state index contributed by atoms with van der Waals surface area (Å²) in [5.74, 6) is 0. The minimum atomic E-state index is 1.01. The Hall–Kier alpha value is -3.19. The zero-order chi connectivity index (χ0) is 17.1. The van der Waals surface area contributed by atoms with Gasteiger partial charge in [0.1, 0.15) is 0 Å². The molecule has 4 rings (SSSR count). The van der Waals surface area contributed by atoms with E-state index < -0.39 is 0 Å². The maximum Gasteiger partial charge on any atom is 0.0790 e. The lowest BCUT2D eigenvalue weighted by molar-refractivity contribution is 1.29. The van der Waals surface area contributed by atoms with Crippen LogP contribution < -0.4 is 0 Å². The number of pyridine rings is 1. The molecule has 120 valence electrons. The average molecular weight is 321 g/mol. The highest BCUT2D eigenvalue weighted by atomic mass is 14.7. The predicted octanol–water partition coefficient (Wildman–Crippen LogP) is 6.39. The van der Waals surface area contributed by atoms with Gasteiger partial charge in [-0.2, -0.15) is 0 Å². The number of hydrogen-bond donors (Lipinski definition) is 0. The summed E-state index contributed by atoms with van der Waals surface area (Å²) in [7, 11) is 0. The van der Waals surface area contributed by atoms with E-state index in [0.29, 0.717) is 0 Å². The van der Waals surface area contributed by atoms with Gasteiger partial charge in [0.15, 0.2) is 0 Å². The third kappa shape index (κ3) is 3.09. The van der Waals surface area contributed by atoms with Crippen molar-refractivity contribution >= 4 is 0 Å². The van der Waals surface area contributed by atoms with Crippen molar-refractivity contribution in [2.75, 3.05) is 0 Å². The molecule has 0 aliphatic rings. The van der Waals surface area contributed by atoms with Gasteiger partial charge in [0.05, 0.1) is 11.4 Å². The Morgan fingerprint density at radius 1 is 0.560 bits per heavy atom. The first kappa shape index (κ1) is 15.3. The van der Waals surface area contributed by atoms with Gasteiger partial charge in [0, 0.05) is 16.7 Å². The second-order valence-electron chi connectivity index (χ2n) is 6.15. The van der Waals surface area contributed by atoms with Crippen molar-refractivity contribution < 1.29 is 0 Å². The first-order valence-corrected chi connectivity index (χ1v) is 8.51. The minimum Gasteiger partial charge on any atom is -0.247 e. The van der Waals surface area contributed by atoms with Crippen LogP contribution in [0.2, 0.25) is 0 Å².